The van der Waals surface area contributed by atoms with Crippen LogP contribution in [0.25, 0.3) is 22.2 Å². The highest BCUT2D eigenvalue weighted by Gasteiger charge is 2.33. The molecule has 0 radical (unpaired) electrons. The summed E-state index contributed by atoms with van der Waals surface area (Å²) in [7, 11) is 0. The number of hydrogen-bond donors (Lipinski definition) is 0. The van der Waals surface area contributed by atoms with E-state index in [1.807, 2.05) is 0 Å². The van der Waals surface area contributed by atoms with Crippen LogP contribution in [0.2, 0.25) is 0 Å². The van der Waals surface area contributed by atoms with Crippen molar-refractivity contribution in [1.82, 2.24) is 9.55 Å². The minimum Gasteiger partial charge on any atom is -0.283 e. The zero-order valence-corrected chi connectivity index (χ0v) is 12.9. The SMILES string of the molecule is O=c1nc(-c2ccccc2)c2cc(C(F)(F)F)ccc2n1CC(F)(F)F. The van der Waals surface area contributed by atoms with Crippen LogP contribution in [0.3, 0.4) is 0 Å². The number of rotatable bonds is 2. The molecule has 2 aromatic carbocycles. The van der Waals surface area contributed by atoms with Gasteiger partial charge in [-0.15, -0.1) is 0 Å². The predicted octanol–water partition coefficient (Wildman–Crippen LogP) is 4.64. The van der Waals surface area contributed by atoms with Gasteiger partial charge in [-0.2, -0.15) is 31.3 Å². The fourth-order valence-corrected chi connectivity index (χ4v) is 2.60. The molecule has 3 aromatic rings. The molecule has 3 rings (SSSR count). The molecule has 0 aliphatic rings. The Labute approximate surface area is 142 Å². The van der Waals surface area contributed by atoms with Gasteiger partial charge in [0.05, 0.1) is 16.8 Å². The van der Waals surface area contributed by atoms with E-state index in [1.165, 1.54) is 12.1 Å². The van der Waals surface area contributed by atoms with Crippen molar-refractivity contribution >= 4 is 10.9 Å². The summed E-state index contributed by atoms with van der Waals surface area (Å²) in [5, 5.41) is -0.185. The monoisotopic (exact) mass is 372 g/mol. The number of hydrogen-bond acceptors (Lipinski definition) is 2. The molecular weight excluding hydrogens is 362 g/mol. The lowest BCUT2D eigenvalue weighted by molar-refractivity contribution is -0.141. The van der Waals surface area contributed by atoms with Crippen LogP contribution in [-0.4, -0.2) is 15.7 Å². The van der Waals surface area contributed by atoms with Crippen LogP contribution < -0.4 is 5.69 Å². The highest BCUT2D eigenvalue weighted by Crippen LogP contribution is 2.34. The molecule has 1 aromatic heterocycles. The van der Waals surface area contributed by atoms with Gasteiger partial charge in [-0.1, -0.05) is 30.3 Å². The van der Waals surface area contributed by atoms with Crippen molar-refractivity contribution in [2.75, 3.05) is 0 Å². The topological polar surface area (TPSA) is 34.9 Å². The second kappa shape index (κ2) is 6.15. The Hall–Kier alpha value is -2.84. The maximum atomic E-state index is 13.0. The van der Waals surface area contributed by atoms with Crippen molar-refractivity contribution < 1.29 is 26.3 Å². The average molecular weight is 372 g/mol. The zero-order valence-electron chi connectivity index (χ0n) is 12.9. The number of aromatic nitrogens is 2. The molecule has 0 bridgehead atoms. The van der Waals surface area contributed by atoms with Gasteiger partial charge < -0.3 is 0 Å². The van der Waals surface area contributed by atoms with Gasteiger partial charge in [-0.3, -0.25) is 4.57 Å². The number of halogens is 6. The predicted molar refractivity (Wildman–Crippen MR) is 82.5 cm³/mol. The largest absolute Gasteiger partial charge is 0.416 e. The first kappa shape index (κ1) is 18.0. The fourth-order valence-electron chi connectivity index (χ4n) is 2.60. The third-order valence-electron chi connectivity index (χ3n) is 3.69. The molecule has 9 heteroatoms. The molecule has 0 spiro atoms. The first-order chi connectivity index (χ1) is 12.1. The van der Waals surface area contributed by atoms with E-state index in [-0.39, 0.29) is 16.6 Å². The van der Waals surface area contributed by atoms with Crippen molar-refractivity contribution in [3.63, 3.8) is 0 Å². The van der Waals surface area contributed by atoms with Gasteiger partial charge in [0.25, 0.3) is 0 Å². The van der Waals surface area contributed by atoms with Crippen molar-refractivity contribution in [2.45, 2.75) is 18.9 Å². The van der Waals surface area contributed by atoms with Crippen molar-refractivity contribution in [3.8, 4) is 11.3 Å². The Kier molecular flexibility index (Phi) is 4.25. The number of alkyl halides is 6. The normalized spacial score (nSPS) is 12.5. The Bertz CT molecular complexity index is 1010. The van der Waals surface area contributed by atoms with Crippen LogP contribution >= 0.6 is 0 Å². The quantitative estimate of drug-likeness (QED) is 0.614. The maximum Gasteiger partial charge on any atom is 0.416 e. The third-order valence-corrected chi connectivity index (χ3v) is 3.69. The Morgan fingerprint density at radius 2 is 1.58 bits per heavy atom. The van der Waals surface area contributed by atoms with E-state index in [9.17, 15) is 31.1 Å². The van der Waals surface area contributed by atoms with Gasteiger partial charge in [0.2, 0.25) is 0 Å². The van der Waals surface area contributed by atoms with Crippen LogP contribution in [-0.2, 0) is 12.7 Å². The van der Waals surface area contributed by atoms with Gasteiger partial charge in [-0.05, 0) is 18.2 Å². The molecule has 0 amide bonds. The average Bonchev–Trinajstić information content (AvgIpc) is 2.55. The lowest BCUT2D eigenvalue weighted by atomic mass is 10.0. The van der Waals surface area contributed by atoms with Gasteiger partial charge in [0, 0.05) is 10.9 Å². The van der Waals surface area contributed by atoms with Crippen molar-refractivity contribution in [1.29, 1.82) is 0 Å². The molecular formula is C17H10F6N2O. The molecule has 3 nitrogen and oxygen atoms in total. The maximum absolute atomic E-state index is 13.0. The van der Waals surface area contributed by atoms with Crippen LogP contribution in [0.4, 0.5) is 26.3 Å². The summed E-state index contributed by atoms with van der Waals surface area (Å²) in [6.07, 6.45) is -9.41. The molecule has 0 saturated carbocycles. The Balaban J connectivity index is 2.37. The van der Waals surface area contributed by atoms with Crippen LogP contribution in [0.1, 0.15) is 5.56 Å². The van der Waals surface area contributed by atoms with E-state index in [1.54, 1.807) is 18.2 Å². The standard InChI is InChI=1S/C17H10F6N2O/c18-16(19,20)9-25-13-7-6-11(17(21,22)23)8-12(13)14(24-15(25)26)10-4-2-1-3-5-10/h1-8H,9H2. The molecule has 26 heavy (non-hydrogen) atoms. The first-order valence-electron chi connectivity index (χ1n) is 7.30. The van der Waals surface area contributed by atoms with E-state index in [4.69, 9.17) is 0 Å². The summed E-state index contributed by atoms with van der Waals surface area (Å²) in [5.41, 5.74) is -2.27. The summed E-state index contributed by atoms with van der Waals surface area (Å²) in [5.74, 6) is 0. The highest BCUT2D eigenvalue weighted by molar-refractivity contribution is 5.93. The molecule has 136 valence electrons. The smallest absolute Gasteiger partial charge is 0.283 e. The summed E-state index contributed by atoms with van der Waals surface area (Å²) < 4.78 is 77.7. The molecule has 0 saturated heterocycles. The second-order valence-electron chi connectivity index (χ2n) is 5.54. The Morgan fingerprint density at radius 3 is 2.15 bits per heavy atom. The summed E-state index contributed by atoms with van der Waals surface area (Å²) in [4.78, 5) is 15.7. The van der Waals surface area contributed by atoms with Crippen LogP contribution in [0.5, 0.6) is 0 Å². The molecule has 1 heterocycles. The van der Waals surface area contributed by atoms with Gasteiger partial charge in [0.1, 0.15) is 6.54 Å². The lowest BCUT2D eigenvalue weighted by Crippen LogP contribution is -2.30. The summed E-state index contributed by atoms with van der Waals surface area (Å²) in [6.45, 7) is -1.64. The molecule has 0 unspecified atom stereocenters. The summed E-state index contributed by atoms with van der Waals surface area (Å²) in [6, 6.07) is 10.0. The molecule has 0 atom stereocenters. The molecule has 0 aliphatic heterocycles. The van der Waals surface area contributed by atoms with Crippen molar-refractivity contribution in [3.05, 3.63) is 64.6 Å². The minimum atomic E-state index is -4.73. The number of fused-ring (bicyclic) bond motifs is 1. The van der Waals surface area contributed by atoms with E-state index in [2.05, 4.69) is 4.98 Å². The first-order valence-corrected chi connectivity index (χ1v) is 7.30. The highest BCUT2D eigenvalue weighted by atomic mass is 19.4. The number of nitrogens with zero attached hydrogens (tertiary/aromatic N) is 2. The van der Waals surface area contributed by atoms with Gasteiger partial charge in [-0.25, -0.2) is 4.79 Å². The molecule has 0 fully saturated rings. The molecule has 0 aliphatic carbocycles. The fraction of sp³-hybridized carbons (Fsp3) is 0.176. The van der Waals surface area contributed by atoms with Gasteiger partial charge >= 0.3 is 18.0 Å². The second-order valence-corrected chi connectivity index (χ2v) is 5.54. The van der Waals surface area contributed by atoms with Crippen LogP contribution in [0, 0.1) is 0 Å². The van der Waals surface area contributed by atoms with Gasteiger partial charge in [0.15, 0.2) is 0 Å². The van der Waals surface area contributed by atoms with E-state index < -0.39 is 30.2 Å². The minimum absolute atomic E-state index is 0.102. The third kappa shape index (κ3) is 3.56. The lowest BCUT2D eigenvalue weighted by Gasteiger charge is -2.16. The van der Waals surface area contributed by atoms with E-state index in [0.717, 1.165) is 6.07 Å². The van der Waals surface area contributed by atoms with Crippen molar-refractivity contribution in [2.24, 2.45) is 0 Å². The van der Waals surface area contributed by atoms with E-state index >= 15 is 0 Å². The van der Waals surface area contributed by atoms with E-state index in [0.29, 0.717) is 22.3 Å². The van der Waals surface area contributed by atoms with Crippen LogP contribution in [0.15, 0.2) is 53.3 Å². The molecule has 0 N–H and O–H groups in total. The summed E-state index contributed by atoms with van der Waals surface area (Å²) >= 11 is 0. The zero-order chi connectivity index (χ0) is 19.1. The number of benzene rings is 2. The Morgan fingerprint density at radius 1 is 0.923 bits per heavy atom.